The van der Waals surface area contributed by atoms with E-state index < -0.39 is 5.41 Å². The SMILES string of the molecule is CC(C)(CO)[C@H](N)c1ccc(Oc2ccccc2)c(Oc2ccccc2)c1.Cl. The van der Waals surface area contributed by atoms with Crippen LogP contribution in [0, 0.1) is 5.41 Å². The molecule has 0 radical (unpaired) electrons. The zero-order valence-electron chi connectivity index (χ0n) is 16.0. The van der Waals surface area contributed by atoms with Gasteiger partial charge < -0.3 is 20.3 Å². The molecule has 3 aromatic carbocycles. The molecule has 4 nitrogen and oxygen atoms in total. The van der Waals surface area contributed by atoms with E-state index in [-0.39, 0.29) is 25.1 Å². The van der Waals surface area contributed by atoms with E-state index in [0.717, 1.165) is 11.3 Å². The zero-order valence-corrected chi connectivity index (χ0v) is 16.9. The Morgan fingerprint density at radius 3 is 1.82 bits per heavy atom. The van der Waals surface area contributed by atoms with Gasteiger partial charge in [0.1, 0.15) is 11.5 Å². The molecule has 0 unspecified atom stereocenters. The third kappa shape index (κ3) is 5.26. The highest BCUT2D eigenvalue weighted by Crippen LogP contribution is 2.39. The van der Waals surface area contributed by atoms with Crippen molar-refractivity contribution in [2.75, 3.05) is 6.61 Å². The minimum absolute atomic E-state index is 0. The zero-order chi connectivity index (χ0) is 19.3. The summed E-state index contributed by atoms with van der Waals surface area (Å²) in [6.45, 7) is 3.86. The van der Waals surface area contributed by atoms with Crippen LogP contribution in [-0.2, 0) is 0 Å². The standard InChI is InChI=1S/C23H25NO3.ClH/c1-23(2,16-25)22(24)17-13-14-20(26-18-9-5-3-6-10-18)21(15-17)27-19-11-7-4-8-12-19;/h3-15,22,25H,16,24H2,1-2H3;1H/t22-;/m1./s1. The van der Waals surface area contributed by atoms with Crippen molar-refractivity contribution in [1.29, 1.82) is 0 Å². The third-order valence-corrected chi connectivity index (χ3v) is 4.52. The van der Waals surface area contributed by atoms with Gasteiger partial charge in [-0.25, -0.2) is 0 Å². The van der Waals surface area contributed by atoms with Crippen LogP contribution in [-0.4, -0.2) is 11.7 Å². The van der Waals surface area contributed by atoms with Crippen molar-refractivity contribution in [3.05, 3.63) is 84.4 Å². The quantitative estimate of drug-likeness (QED) is 0.534. The number of nitrogens with two attached hydrogens (primary N) is 1. The van der Waals surface area contributed by atoms with Crippen molar-refractivity contribution >= 4 is 12.4 Å². The predicted molar refractivity (Wildman–Crippen MR) is 115 cm³/mol. The third-order valence-electron chi connectivity index (χ3n) is 4.52. The molecule has 0 aromatic heterocycles. The second-order valence-electron chi connectivity index (χ2n) is 7.16. The van der Waals surface area contributed by atoms with Gasteiger partial charge in [0.2, 0.25) is 0 Å². The number of rotatable bonds is 7. The van der Waals surface area contributed by atoms with E-state index in [2.05, 4.69) is 0 Å². The number of para-hydroxylation sites is 2. The molecule has 3 rings (SSSR count). The molecule has 0 saturated heterocycles. The molecule has 0 aliphatic rings. The maximum Gasteiger partial charge on any atom is 0.170 e. The van der Waals surface area contributed by atoms with Crippen LogP contribution in [0.4, 0.5) is 0 Å². The molecular formula is C23H26ClNO3. The van der Waals surface area contributed by atoms with E-state index in [9.17, 15) is 5.11 Å². The highest BCUT2D eigenvalue weighted by atomic mass is 35.5. The summed E-state index contributed by atoms with van der Waals surface area (Å²) in [5.74, 6) is 2.61. The van der Waals surface area contributed by atoms with E-state index in [1.807, 2.05) is 92.7 Å². The Labute approximate surface area is 172 Å². The van der Waals surface area contributed by atoms with Crippen molar-refractivity contribution in [3.63, 3.8) is 0 Å². The summed E-state index contributed by atoms with van der Waals surface area (Å²) in [7, 11) is 0. The summed E-state index contributed by atoms with van der Waals surface area (Å²) in [5, 5.41) is 9.64. The number of ether oxygens (including phenoxy) is 2. The van der Waals surface area contributed by atoms with Gasteiger partial charge in [-0.3, -0.25) is 0 Å². The Bertz CT molecular complexity index is 870. The van der Waals surface area contributed by atoms with E-state index >= 15 is 0 Å². The Hall–Kier alpha value is -2.53. The molecule has 0 heterocycles. The van der Waals surface area contributed by atoms with E-state index in [1.165, 1.54) is 0 Å². The molecular weight excluding hydrogens is 374 g/mol. The summed E-state index contributed by atoms with van der Waals surface area (Å²) in [5.41, 5.74) is 6.81. The molecule has 0 aliphatic heterocycles. The Morgan fingerprint density at radius 1 is 0.821 bits per heavy atom. The minimum atomic E-state index is -0.453. The molecule has 0 bridgehead atoms. The monoisotopic (exact) mass is 399 g/mol. The van der Waals surface area contributed by atoms with E-state index in [1.54, 1.807) is 0 Å². The summed E-state index contributed by atoms with van der Waals surface area (Å²) < 4.78 is 12.1. The first kappa shape index (κ1) is 21.8. The fourth-order valence-corrected chi connectivity index (χ4v) is 2.66. The Morgan fingerprint density at radius 2 is 1.32 bits per heavy atom. The van der Waals surface area contributed by atoms with Gasteiger partial charge in [-0.15, -0.1) is 12.4 Å². The van der Waals surface area contributed by atoms with Crippen LogP contribution >= 0.6 is 12.4 Å². The molecule has 0 saturated carbocycles. The topological polar surface area (TPSA) is 64.7 Å². The van der Waals surface area contributed by atoms with Gasteiger partial charge in [0.25, 0.3) is 0 Å². The van der Waals surface area contributed by atoms with Crippen LogP contribution < -0.4 is 15.2 Å². The van der Waals surface area contributed by atoms with Gasteiger partial charge in [-0.05, 0) is 42.0 Å². The molecule has 3 N–H and O–H groups in total. The van der Waals surface area contributed by atoms with Crippen LogP contribution in [0.3, 0.4) is 0 Å². The molecule has 0 amide bonds. The summed E-state index contributed by atoms with van der Waals surface area (Å²) in [4.78, 5) is 0. The maximum atomic E-state index is 9.64. The first-order chi connectivity index (χ1) is 13.0. The Balaban J connectivity index is 0.00000280. The van der Waals surface area contributed by atoms with Crippen LogP contribution in [0.1, 0.15) is 25.5 Å². The fourth-order valence-electron chi connectivity index (χ4n) is 2.66. The number of hydrogen-bond donors (Lipinski definition) is 2. The average Bonchev–Trinajstić information content (AvgIpc) is 2.70. The van der Waals surface area contributed by atoms with Gasteiger partial charge >= 0.3 is 0 Å². The van der Waals surface area contributed by atoms with Crippen molar-refractivity contribution in [2.24, 2.45) is 11.1 Å². The normalized spacial score (nSPS) is 12.0. The second kappa shape index (κ2) is 9.60. The first-order valence-electron chi connectivity index (χ1n) is 8.96. The van der Waals surface area contributed by atoms with Crippen molar-refractivity contribution in [1.82, 2.24) is 0 Å². The van der Waals surface area contributed by atoms with Crippen molar-refractivity contribution in [2.45, 2.75) is 19.9 Å². The van der Waals surface area contributed by atoms with Gasteiger partial charge in [0, 0.05) is 18.1 Å². The minimum Gasteiger partial charge on any atom is -0.453 e. The summed E-state index contributed by atoms with van der Waals surface area (Å²) >= 11 is 0. The summed E-state index contributed by atoms with van der Waals surface area (Å²) in [6.07, 6.45) is 0. The molecule has 5 heteroatoms. The van der Waals surface area contributed by atoms with Gasteiger partial charge in [-0.2, -0.15) is 0 Å². The summed E-state index contributed by atoms with van der Waals surface area (Å²) in [6, 6.07) is 24.4. The fraction of sp³-hybridized carbons (Fsp3) is 0.217. The number of halogens is 1. The van der Waals surface area contributed by atoms with E-state index in [0.29, 0.717) is 17.2 Å². The van der Waals surface area contributed by atoms with E-state index in [4.69, 9.17) is 15.2 Å². The first-order valence-corrected chi connectivity index (χ1v) is 8.96. The highest BCUT2D eigenvalue weighted by Gasteiger charge is 2.28. The largest absolute Gasteiger partial charge is 0.453 e. The second-order valence-corrected chi connectivity index (χ2v) is 7.16. The maximum absolute atomic E-state index is 9.64. The highest BCUT2D eigenvalue weighted by molar-refractivity contribution is 5.85. The van der Waals surface area contributed by atoms with Crippen molar-refractivity contribution < 1.29 is 14.6 Å². The van der Waals surface area contributed by atoms with Crippen LogP contribution in [0.25, 0.3) is 0 Å². The lowest BCUT2D eigenvalue weighted by Crippen LogP contribution is -2.32. The predicted octanol–water partition coefficient (Wildman–Crippen LogP) is 5.71. The molecule has 0 aliphatic carbocycles. The van der Waals surface area contributed by atoms with Crippen molar-refractivity contribution in [3.8, 4) is 23.0 Å². The molecule has 0 spiro atoms. The number of hydrogen-bond acceptors (Lipinski definition) is 4. The number of aliphatic hydroxyl groups excluding tert-OH is 1. The van der Waals surface area contributed by atoms with Crippen LogP contribution in [0.2, 0.25) is 0 Å². The van der Waals surface area contributed by atoms with Gasteiger partial charge in [0.15, 0.2) is 11.5 Å². The molecule has 0 fully saturated rings. The molecule has 3 aromatic rings. The lowest BCUT2D eigenvalue weighted by atomic mass is 9.82. The van der Waals surface area contributed by atoms with Gasteiger partial charge in [-0.1, -0.05) is 56.3 Å². The molecule has 148 valence electrons. The van der Waals surface area contributed by atoms with Crippen LogP contribution in [0.15, 0.2) is 78.9 Å². The number of aliphatic hydroxyl groups is 1. The number of benzene rings is 3. The molecule has 1 atom stereocenters. The lowest BCUT2D eigenvalue weighted by Gasteiger charge is -2.30. The lowest BCUT2D eigenvalue weighted by molar-refractivity contribution is 0.132. The Kier molecular flexibility index (Phi) is 7.46. The average molecular weight is 400 g/mol. The smallest absolute Gasteiger partial charge is 0.170 e. The van der Waals surface area contributed by atoms with Crippen LogP contribution in [0.5, 0.6) is 23.0 Å². The van der Waals surface area contributed by atoms with Gasteiger partial charge in [0.05, 0.1) is 0 Å². The molecule has 28 heavy (non-hydrogen) atoms.